The molecular formula is C25H46O2. The summed E-state index contributed by atoms with van der Waals surface area (Å²) in [7, 11) is 0. The van der Waals surface area contributed by atoms with Gasteiger partial charge in [-0.25, -0.2) is 4.79 Å². The van der Waals surface area contributed by atoms with Crippen LogP contribution in [0.2, 0.25) is 0 Å². The monoisotopic (exact) mass is 378 g/mol. The number of esters is 1. The van der Waals surface area contributed by atoms with Crippen molar-refractivity contribution in [1.82, 2.24) is 0 Å². The number of allylic oxidation sites excluding steroid dienone is 2. The van der Waals surface area contributed by atoms with Crippen molar-refractivity contribution in [3.05, 3.63) is 24.8 Å². The van der Waals surface area contributed by atoms with Crippen molar-refractivity contribution in [2.75, 3.05) is 6.61 Å². The van der Waals surface area contributed by atoms with Crippen molar-refractivity contribution >= 4 is 5.97 Å². The summed E-state index contributed by atoms with van der Waals surface area (Å²) in [6, 6.07) is 0. The van der Waals surface area contributed by atoms with Crippen LogP contribution in [-0.2, 0) is 9.53 Å². The van der Waals surface area contributed by atoms with E-state index in [2.05, 4.69) is 25.7 Å². The van der Waals surface area contributed by atoms with Crippen LogP contribution in [0.15, 0.2) is 24.8 Å². The van der Waals surface area contributed by atoms with E-state index >= 15 is 0 Å². The fourth-order valence-corrected chi connectivity index (χ4v) is 3.29. The Hall–Kier alpha value is -1.05. The summed E-state index contributed by atoms with van der Waals surface area (Å²) in [5.41, 5.74) is 0. The molecule has 0 heterocycles. The van der Waals surface area contributed by atoms with Crippen molar-refractivity contribution in [2.24, 2.45) is 0 Å². The summed E-state index contributed by atoms with van der Waals surface area (Å²) in [6.07, 6.45) is 29.9. The molecule has 0 amide bonds. The van der Waals surface area contributed by atoms with E-state index in [1.165, 1.54) is 109 Å². The maximum Gasteiger partial charge on any atom is 0.330 e. The third kappa shape index (κ3) is 22.9. The van der Waals surface area contributed by atoms with Crippen LogP contribution < -0.4 is 0 Å². The molecule has 0 N–H and O–H groups in total. The van der Waals surface area contributed by atoms with E-state index in [1.807, 2.05) is 0 Å². The van der Waals surface area contributed by atoms with Gasteiger partial charge in [-0.1, -0.05) is 109 Å². The van der Waals surface area contributed by atoms with Gasteiger partial charge in [0.15, 0.2) is 0 Å². The SMILES string of the molecule is C=CC(=O)OCCCCCCCCCCCCC/C=C/CCCCCCC. The molecule has 158 valence electrons. The highest BCUT2D eigenvalue weighted by atomic mass is 16.5. The molecule has 0 saturated heterocycles. The Labute approximate surface area is 169 Å². The fraction of sp³-hybridized carbons (Fsp3) is 0.800. The van der Waals surface area contributed by atoms with Gasteiger partial charge in [0.1, 0.15) is 0 Å². The Morgan fingerprint density at radius 2 is 1.07 bits per heavy atom. The number of hydrogen-bond acceptors (Lipinski definition) is 2. The van der Waals surface area contributed by atoms with Gasteiger partial charge in [-0.2, -0.15) is 0 Å². The Kier molecular flexibility index (Phi) is 22.1. The summed E-state index contributed by atoms with van der Waals surface area (Å²) in [5, 5.41) is 0. The Morgan fingerprint density at radius 1 is 0.667 bits per heavy atom. The van der Waals surface area contributed by atoms with Gasteiger partial charge in [0.05, 0.1) is 6.61 Å². The predicted molar refractivity (Wildman–Crippen MR) is 119 cm³/mol. The summed E-state index contributed by atoms with van der Waals surface area (Å²) < 4.78 is 4.97. The van der Waals surface area contributed by atoms with Crippen LogP contribution in [0.4, 0.5) is 0 Å². The van der Waals surface area contributed by atoms with Gasteiger partial charge in [-0.3, -0.25) is 0 Å². The third-order valence-corrected chi connectivity index (χ3v) is 5.07. The van der Waals surface area contributed by atoms with Gasteiger partial charge < -0.3 is 4.74 Å². The molecule has 0 aliphatic rings. The third-order valence-electron chi connectivity index (χ3n) is 5.07. The predicted octanol–water partition coefficient (Wildman–Crippen LogP) is 8.31. The maximum absolute atomic E-state index is 10.9. The molecule has 0 saturated carbocycles. The molecule has 27 heavy (non-hydrogen) atoms. The lowest BCUT2D eigenvalue weighted by Gasteiger charge is -2.03. The average molecular weight is 379 g/mol. The number of ether oxygens (including phenoxy) is 1. The minimum atomic E-state index is -0.302. The van der Waals surface area contributed by atoms with E-state index in [-0.39, 0.29) is 5.97 Å². The first-order chi connectivity index (χ1) is 13.3. The first-order valence-corrected chi connectivity index (χ1v) is 11.8. The molecule has 0 aromatic heterocycles. The zero-order valence-electron chi connectivity index (χ0n) is 18.2. The highest BCUT2D eigenvalue weighted by molar-refractivity contribution is 5.81. The second kappa shape index (κ2) is 23.0. The smallest absolute Gasteiger partial charge is 0.330 e. The lowest BCUT2D eigenvalue weighted by molar-refractivity contribution is -0.137. The largest absolute Gasteiger partial charge is 0.463 e. The molecule has 2 nitrogen and oxygen atoms in total. The van der Waals surface area contributed by atoms with Gasteiger partial charge in [-0.15, -0.1) is 0 Å². The Balaban J connectivity index is 3.08. The van der Waals surface area contributed by atoms with Crippen LogP contribution in [-0.4, -0.2) is 12.6 Å². The van der Waals surface area contributed by atoms with Gasteiger partial charge in [-0.05, 0) is 32.1 Å². The van der Waals surface area contributed by atoms with E-state index in [0.29, 0.717) is 6.61 Å². The number of hydrogen-bond donors (Lipinski definition) is 0. The second-order valence-electron chi connectivity index (χ2n) is 7.72. The van der Waals surface area contributed by atoms with Crippen LogP contribution in [0.3, 0.4) is 0 Å². The lowest BCUT2D eigenvalue weighted by atomic mass is 10.0. The molecular weight excluding hydrogens is 332 g/mol. The fourth-order valence-electron chi connectivity index (χ4n) is 3.29. The second-order valence-corrected chi connectivity index (χ2v) is 7.72. The summed E-state index contributed by atoms with van der Waals surface area (Å²) in [5.74, 6) is -0.302. The van der Waals surface area contributed by atoms with E-state index in [0.717, 1.165) is 12.8 Å². The minimum absolute atomic E-state index is 0.302. The number of carbonyl (C=O) groups is 1. The van der Waals surface area contributed by atoms with E-state index in [9.17, 15) is 4.79 Å². The first-order valence-electron chi connectivity index (χ1n) is 11.8. The first kappa shape index (κ1) is 26.0. The molecule has 0 aromatic carbocycles. The Bertz CT molecular complexity index is 346. The minimum Gasteiger partial charge on any atom is -0.463 e. The maximum atomic E-state index is 10.9. The van der Waals surface area contributed by atoms with Gasteiger partial charge in [0.25, 0.3) is 0 Å². The quantitative estimate of drug-likeness (QED) is 0.0868. The molecule has 0 aliphatic heterocycles. The van der Waals surface area contributed by atoms with Crippen LogP contribution in [0, 0.1) is 0 Å². The summed E-state index contributed by atoms with van der Waals surface area (Å²) in [4.78, 5) is 10.9. The number of carbonyl (C=O) groups excluding carboxylic acids is 1. The summed E-state index contributed by atoms with van der Waals surface area (Å²) >= 11 is 0. The molecule has 2 heteroatoms. The van der Waals surface area contributed by atoms with Crippen molar-refractivity contribution in [2.45, 2.75) is 122 Å². The highest BCUT2D eigenvalue weighted by Crippen LogP contribution is 2.12. The molecule has 0 spiro atoms. The van der Waals surface area contributed by atoms with Crippen LogP contribution in [0.5, 0.6) is 0 Å². The van der Waals surface area contributed by atoms with E-state index in [1.54, 1.807) is 0 Å². The molecule has 0 aliphatic carbocycles. The van der Waals surface area contributed by atoms with E-state index < -0.39 is 0 Å². The molecule has 0 fully saturated rings. The molecule has 0 atom stereocenters. The lowest BCUT2D eigenvalue weighted by Crippen LogP contribution is -2.01. The van der Waals surface area contributed by atoms with Crippen molar-refractivity contribution < 1.29 is 9.53 Å². The molecule has 0 aromatic rings. The molecule has 0 radical (unpaired) electrons. The van der Waals surface area contributed by atoms with Crippen LogP contribution in [0.25, 0.3) is 0 Å². The van der Waals surface area contributed by atoms with Crippen molar-refractivity contribution in [3.8, 4) is 0 Å². The Morgan fingerprint density at radius 3 is 1.52 bits per heavy atom. The molecule has 0 rings (SSSR count). The molecule has 0 bridgehead atoms. The van der Waals surface area contributed by atoms with E-state index in [4.69, 9.17) is 4.74 Å². The number of unbranched alkanes of at least 4 members (excludes halogenated alkanes) is 16. The molecule has 0 unspecified atom stereocenters. The topological polar surface area (TPSA) is 26.3 Å². The van der Waals surface area contributed by atoms with Crippen LogP contribution >= 0.6 is 0 Å². The standard InChI is InChI=1S/C25H46O2/c1-3-5-6-7-8-9-10-11-12-13-14-15-16-17-18-19-20-21-22-23-24-27-25(26)4-2/h4,10-11H,2-3,5-9,12-24H2,1H3/b11-10+. The van der Waals surface area contributed by atoms with Crippen molar-refractivity contribution in [1.29, 1.82) is 0 Å². The highest BCUT2D eigenvalue weighted by Gasteiger charge is 1.96. The normalized spacial score (nSPS) is 11.1. The van der Waals surface area contributed by atoms with Gasteiger partial charge in [0, 0.05) is 6.08 Å². The van der Waals surface area contributed by atoms with Gasteiger partial charge in [0.2, 0.25) is 0 Å². The summed E-state index contributed by atoms with van der Waals surface area (Å²) in [6.45, 7) is 6.20. The van der Waals surface area contributed by atoms with Crippen molar-refractivity contribution in [3.63, 3.8) is 0 Å². The average Bonchev–Trinajstić information content (AvgIpc) is 2.68. The zero-order valence-corrected chi connectivity index (χ0v) is 18.2. The number of rotatable bonds is 21. The van der Waals surface area contributed by atoms with Crippen LogP contribution in [0.1, 0.15) is 122 Å². The zero-order chi connectivity index (χ0) is 19.8. The van der Waals surface area contributed by atoms with Gasteiger partial charge >= 0.3 is 5.97 Å².